The van der Waals surface area contributed by atoms with Gasteiger partial charge in [-0.3, -0.25) is 9.10 Å². The molecule has 0 bridgehead atoms. The van der Waals surface area contributed by atoms with E-state index in [-0.39, 0.29) is 10.5 Å². The molecule has 0 unspecified atom stereocenters. The van der Waals surface area contributed by atoms with Gasteiger partial charge in [-0.1, -0.05) is 49.7 Å². The molecule has 0 aromatic heterocycles. The van der Waals surface area contributed by atoms with E-state index in [2.05, 4.69) is 19.2 Å². The number of anilines is 2. The predicted molar refractivity (Wildman–Crippen MR) is 137 cm³/mol. The van der Waals surface area contributed by atoms with E-state index < -0.39 is 28.5 Å². The Balaban J connectivity index is 1.63. The Bertz CT molecular complexity index is 1290. The number of nitrogens with one attached hydrogen (secondary N) is 1. The van der Waals surface area contributed by atoms with Gasteiger partial charge >= 0.3 is 5.97 Å². The summed E-state index contributed by atoms with van der Waals surface area (Å²) in [6.07, 6.45) is 1.02. The van der Waals surface area contributed by atoms with E-state index in [1.807, 2.05) is 31.2 Å². The second kappa shape index (κ2) is 11.2. The fourth-order valence-electron chi connectivity index (χ4n) is 3.38. The third kappa shape index (κ3) is 6.48. The summed E-state index contributed by atoms with van der Waals surface area (Å²) in [5.41, 5.74) is 3.33. The van der Waals surface area contributed by atoms with E-state index in [9.17, 15) is 18.0 Å². The summed E-state index contributed by atoms with van der Waals surface area (Å²) in [5, 5.41) is 2.69. The van der Waals surface area contributed by atoms with Gasteiger partial charge in [-0.05, 0) is 67.3 Å². The number of nitrogens with zero attached hydrogens (tertiary/aromatic N) is 1. The molecule has 0 aliphatic heterocycles. The third-order valence-corrected chi connectivity index (χ3v) is 7.62. The highest BCUT2D eigenvalue weighted by Gasteiger charge is 2.23. The number of sulfonamides is 1. The number of amides is 1. The predicted octanol–water partition coefficient (Wildman–Crippen LogP) is 5.13. The maximum Gasteiger partial charge on any atom is 0.338 e. The lowest BCUT2D eigenvalue weighted by molar-refractivity contribution is -0.119. The summed E-state index contributed by atoms with van der Waals surface area (Å²) >= 11 is 0. The van der Waals surface area contributed by atoms with Gasteiger partial charge in [-0.2, -0.15) is 0 Å². The van der Waals surface area contributed by atoms with Gasteiger partial charge in [0.25, 0.3) is 15.9 Å². The molecule has 3 aromatic carbocycles. The molecule has 0 aliphatic carbocycles. The first-order valence-corrected chi connectivity index (χ1v) is 12.8. The molecule has 0 aliphatic rings. The van der Waals surface area contributed by atoms with Gasteiger partial charge in [-0.25, -0.2) is 13.2 Å². The molecule has 1 atom stereocenters. The van der Waals surface area contributed by atoms with Gasteiger partial charge in [-0.15, -0.1) is 0 Å². The van der Waals surface area contributed by atoms with E-state index in [0.717, 1.165) is 16.3 Å². The maximum atomic E-state index is 13.1. The topological polar surface area (TPSA) is 92.8 Å². The number of carbonyl (C=O) groups excluding carboxylic acids is 2. The van der Waals surface area contributed by atoms with Crippen LogP contribution in [-0.2, 0) is 19.6 Å². The standard InChI is InChI=1S/C27H30N2O5S/c1-5-20(3)21-11-13-23(14-12-21)28-26(30)18-34-27(31)22-7-6-8-25(17-22)35(32,33)29(4)24-15-9-19(2)10-16-24/h6-17,20H,5,18H2,1-4H3,(H,28,30)/t20-/m0/s1. The third-order valence-electron chi connectivity index (χ3n) is 5.84. The maximum absolute atomic E-state index is 13.1. The molecule has 7 nitrogen and oxygen atoms in total. The molecular weight excluding hydrogens is 464 g/mol. The molecule has 0 fully saturated rings. The van der Waals surface area contributed by atoms with Crippen LogP contribution in [0.5, 0.6) is 0 Å². The molecule has 1 amide bonds. The van der Waals surface area contributed by atoms with Crippen molar-refractivity contribution in [3.05, 3.63) is 89.5 Å². The van der Waals surface area contributed by atoms with Gasteiger partial charge in [0.15, 0.2) is 6.61 Å². The summed E-state index contributed by atoms with van der Waals surface area (Å²) in [5.74, 6) is -0.850. The Morgan fingerprint density at radius 1 is 1.00 bits per heavy atom. The van der Waals surface area contributed by atoms with Crippen molar-refractivity contribution in [2.24, 2.45) is 0 Å². The van der Waals surface area contributed by atoms with Crippen LogP contribution in [-0.4, -0.2) is 33.9 Å². The first kappa shape index (κ1) is 26.0. The van der Waals surface area contributed by atoms with Crippen LogP contribution >= 0.6 is 0 Å². The quantitative estimate of drug-likeness (QED) is 0.416. The van der Waals surface area contributed by atoms with Gasteiger partial charge < -0.3 is 10.1 Å². The van der Waals surface area contributed by atoms with Crippen molar-refractivity contribution in [2.45, 2.75) is 38.0 Å². The molecule has 1 N–H and O–H groups in total. The molecule has 3 rings (SSSR count). The number of hydrogen-bond donors (Lipinski definition) is 1. The van der Waals surface area contributed by atoms with Crippen LogP contribution in [0.2, 0.25) is 0 Å². The van der Waals surface area contributed by atoms with Crippen molar-refractivity contribution in [1.82, 2.24) is 0 Å². The van der Waals surface area contributed by atoms with E-state index in [1.54, 1.807) is 24.3 Å². The van der Waals surface area contributed by atoms with E-state index >= 15 is 0 Å². The summed E-state index contributed by atoms with van der Waals surface area (Å²) in [4.78, 5) is 24.7. The van der Waals surface area contributed by atoms with Gasteiger partial charge in [0.2, 0.25) is 0 Å². The molecule has 35 heavy (non-hydrogen) atoms. The molecule has 0 radical (unpaired) electrons. The van der Waals surface area contributed by atoms with Gasteiger partial charge in [0.1, 0.15) is 0 Å². The lowest BCUT2D eigenvalue weighted by Gasteiger charge is -2.20. The average molecular weight is 495 g/mol. The highest BCUT2D eigenvalue weighted by Crippen LogP contribution is 2.23. The zero-order valence-electron chi connectivity index (χ0n) is 20.3. The van der Waals surface area contributed by atoms with E-state index in [0.29, 0.717) is 17.3 Å². The Hall–Kier alpha value is -3.65. The van der Waals surface area contributed by atoms with E-state index in [1.165, 1.54) is 36.9 Å². The molecule has 184 valence electrons. The van der Waals surface area contributed by atoms with Gasteiger partial charge in [0.05, 0.1) is 16.1 Å². The van der Waals surface area contributed by atoms with Crippen LogP contribution in [0.3, 0.4) is 0 Å². The SMILES string of the molecule is CC[C@H](C)c1ccc(NC(=O)COC(=O)c2cccc(S(=O)(=O)N(C)c3ccc(C)cc3)c2)cc1. The van der Waals surface area contributed by atoms with Crippen molar-refractivity contribution in [3.8, 4) is 0 Å². The fraction of sp³-hybridized carbons (Fsp3) is 0.259. The molecule has 0 saturated carbocycles. The Morgan fingerprint density at radius 3 is 2.29 bits per heavy atom. The summed E-state index contributed by atoms with van der Waals surface area (Å²) in [7, 11) is -2.45. The van der Waals surface area contributed by atoms with Crippen molar-refractivity contribution in [1.29, 1.82) is 0 Å². The Morgan fingerprint density at radius 2 is 1.66 bits per heavy atom. The monoisotopic (exact) mass is 494 g/mol. The summed E-state index contributed by atoms with van der Waals surface area (Å²) in [6, 6.07) is 20.1. The highest BCUT2D eigenvalue weighted by atomic mass is 32.2. The van der Waals surface area contributed by atoms with Crippen LogP contribution in [0.25, 0.3) is 0 Å². The number of aryl methyl sites for hydroxylation is 1. The van der Waals surface area contributed by atoms with Crippen LogP contribution in [0.15, 0.2) is 77.7 Å². The minimum Gasteiger partial charge on any atom is -0.452 e. The van der Waals surface area contributed by atoms with Crippen molar-refractivity contribution in [3.63, 3.8) is 0 Å². The Kier molecular flexibility index (Phi) is 8.30. The molecular formula is C27H30N2O5S. The lowest BCUT2D eigenvalue weighted by Crippen LogP contribution is -2.27. The number of esters is 1. The average Bonchev–Trinajstić information content (AvgIpc) is 2.87. The number of rotatable bonds is 9. The van der Waals surface area contributed by atoms with Crippen molar-refractivity contribution in [2.75, 3.05) is 23.3 Å². The minimum absolute atomic E-state index is 0.0362. The normalized spacial score (nSPS) is 12.0. The first-order valence-electron chi connectivity index (χ1n) is 11.3. The Labute approximate surface area is 206 Å². The van der Waals surface area contributed by atoms with Gasteiger partial charge in [0, 0.05) is 12.7 Å². The molecule has 0 spiro atoms. The molecule has 3 aromatic rings. The summed E-state index contributed by atoms with van der Waals surface area (Å²) < 4.78 is 32.4. The zero-order valence-corrected chi connectivity index (χ0v) is 21.1. The first-order chi connectivity index (χ1) is 16.6. The number of benzene rings is 3. The van der Waals surface area contributed by atoms with Crippen LogP contribution in [0.1, 0.15) is 47.7 Å². The highest BCUT2D eigenvalue weighted by molar-refractivity contribution is 7.92. The molecule has 8 heteroatoms. The van der Waals surface area contributed by atoms with Crippen LogP contribution in [0.4, 0.5) is 11.4 Å². The number of ether oxygens (including phenoxy) is 1. The zero-order chi connectivity index (χ0) is 25.6. The number of hydrogen-bond acceptors (Lipinski definition) is 5. The smallest absolute Gasteiger partial charge is 0.338 e. The molecule has 0 saturated heterocycles. The lowest BCUT2D eigenvalue weighted by atomic mass is 9.99. The second-order valence-corrected chi connectivity index (χ2v) is 10.4. The van der Waals surface area contributed by atoms with E-state index in [4.69, 9.17) is 4.74 Å². The summed E-state index contributed by atoms with van der Waals surface area (Å²) in [6.45, 7) is 5.67. The van der Waals surface area contributed by atoms with Crippen molar-refractivity contribution < 1.29 is 22.7 Å². The fourth-order valence-corrected chi connectivity index (χ4v) is 4.62. The van der Waals surface area contributed by atoms with Crippen LogP contribution < -0.4 is 9.62 Å². The number of carbonyl (C=O) groups is 2. The second-order valence-electron chi connectivity index (χ2n) is 8.39. The minimum atomic E-state index is -3.90. The van der Waals surface area contributed by atoms with Crippen LogP contribution in [0, 0.1) is 6.92 Å². The van der Waals surface area contributed by atoms with Crippen molar-refractivity contribution >= 4 is 33.3 Å². The largest absolute Gasteiger partial charge is 0.452 e. The molecule has 0 heterocycles.